The van der Waals surface area contributed by atoms with E-state index in [9.17, 15) is 9.90 Å². The fraction of sp³-hybridized carbons (Fsp3) is 0.280. The number of hydrogen-bond donors (Lipinski definition) is 1. The number of nitrogens with zero attached hydrogens (tertiary/aromatic N) is 2. The summed E-state index contributed by atoms with van der Waals surface area (Å²) in [7, 11) is 0. The molecule has 1 heterocycles. The largest absolute Gasteiger partial charge is 0.369 e. The quantitative estimate of drug-likeness (QED) is 0.742. The van der Waals surface area contributed by atoms with Crippen LogP contribution in [0.25, 0.3) is 0 Å². The molecule has 1 fully saturated rings. The lowest BCUT2D eigenvalue weighted by Gasteiger charge is -2.20. The Morgan fingerprint density at radius 1 is 1.34 bits per heavy atom. The number of aliphatic hydroxyl groups excluding tert-OH is 1. The molecule has 150 valence electrons. The second-order valence-corrected chi connectivity index (χ2v) is 6.91. The predicted octanol–water partition coefficient (Wildman–Crippen LogP) is 4.95. The third kappa shape index (κ3) is 5.91. The van der Waals surface area contributed by atoms with Gasteiger partial charge in [-0.25, -0.2) is 0 Å². The summed E-state index contributed by atoms with van der Waals surface area (Å²) < 4.78 is 0. The molecule has 4 heteroatoms. The van der Waals surface area contributed by atoms with Crippen LogP contribution in [0.5, 0.6) is 0 Å². The average Bonchev–Trinajstić information content (AvgIpc) is 2.93. The van der Waals surface area contributed by atoms with E-state index >= 15 is 0 Å². The summed E-state index contributed by atoms with van der Waals surface area (Å²) in [5.74, 6) is -0.151. The fourth-order valence-corrected chi connectivity index (χ4v) is 2.93. The van der Waals surface area contributed by atoms with Crippen molar-refractivity contribution in [2.24, 2.45) is 0 Å². The monoisotopic (exact) mass is 388 g/mol. The van der Waals surface area contributed by atoms with Crippen LogP contribution in [0.15, 0.2) is 83.5 Å². The Labute approximate surface area is 173 Å². The van der Waals surface area contributed by atoms with E-state index in [4.69, 9.17) is 5.26 Å². The number of fused-ring (bicyclic) bond motifs is 1. The number of amides is 1. The molecule has 0 aromatic heterocycles. The maximum absolute atomic E-state index is 12.4. The Kier molecular flexibility index (Phi) is 8.39. The van der Waals surface area contributed by atoms with Crippen molar-refractivity contribution >= 4 is 5.91 Å². The summed E-state index contributed by atoms with van der Waals surface area (Å²) in [5.41, 5.74) is 4.13. The summed E-state index contributed by atoms with van der Waals surface area (Å²) in [6.45, 7) is 6.65. The van der Waals surface area contributed by atoms with Crippen LogP contribution >= 0.6 is 0 Å². The molecule has 0 radical (unpaired) electrons. The Morgan fingerprint density at radius 2 is 2.07 bits per heavy atom. The van der Waals surface area contributed by atoms with Crippen molar-refractivity contribution < 1.29 is 9.90 Å². The molecule has 1 saturated heterocycles. The van der Waals surface area contributed by atoms with Crippen LogP contribution in [0.4, 0.5) is 0 Å². The van der Waals surface area contributed by atoms with Crippen molar-refractivity contribution in [3.05, 3.63) is 94.6 Å². The lowest BCUT2D eigenvalue weighted by Crippen LogP contribution is -2.32. The molecule has 0 saturated carbocycles. The predicted molar refractivity (Wildman–Crippen MR) is 116 cm³/mol. The van der Waals surface area contributed by atoms with Crippen molar-refractivity contribution in [1.29, 1.82) is 5.26 Å². The van der Waals surface area contributed by atoms with Gasteiger partial charge in [0.15, 0.2) is 6.23 Å². The minimum absolute atomic E-state index is 0.151. The topological polar surface area (TPSA) is 64.3 Å². The van der Waals surface area contributed by atoms with E-state index in [1.807, 2.05) is 31.2 Å². The molecule has 1 aromatic carbocycles. The van der Waals surface area contributed by atoms with E-state index in [1.165, 1.54) is 10.5 Å². The highest BCUT2D eigenvalue weighted by atomic mass is 16.3. The molecule has 1 aliphatic heterocycles. The maximum atomic E-state index is 12.4. The second-order valence-electron chi connectivity index (χ2n) is 6.91. The van der Waals surface area contributed by atoms with Crippen LogP contribution in [0.2, 0.25) is 0 Å². The Bertz CT molecular complexity index is 909. The molecule has 1 unspecified atom stereocenters. The van der Waals surface area contributed by atoms with E-state index in [2.05, 4.69) is 32.1 Å². The van der Waals surface area contributed by atoms with Crippen LogP contribution in [-0.4, -0.2) is 22.1 Å². The average molecular weight is 389 g/mol. The van der Waals surface area contributed by atoms with Gasteiger partial charge in [0.1, 0.15) is 0 Å². The molecular formula is C25H28N2O2. The third-order valence-electron chi connectivity index (χ3n) is 4.81. The maximum Gasteiger partial charge on any atom is 0.256 e. The first-order valence-corrected chi connectivity index (χ1v) is 9.85. The van der Waals surface area contributed by atoms with Crippen LogP contribution in [0.1, 0.15) is 44.7 Å². The molecule has 1 aromatic rings. The Morgan fingerprint density at radius 3 is 2.69 bits per heavy atom. The standard InChI is InChI=1S/C17H14N2O2.C8H14/c18-10-12-6-8-13(9-7-12)11-19-16(20)14-4-2-1-3-5-15(14)17(19)21;1-4-6-7-8(3)5-2/h1-2,4-9,16,20H,3,11H2;4,6-7H,5H2,1-3H3/b;6-4-,8-7-. The van der Waals surface area contributed by atoms with Crippen molar-refractivity contribution in [2.75, 3.05) is 0 Å². The molecule has 4 nitrogen and oxygen atoms in total. The first-order valence-electron chi connectivity index (χ1n) is 9.85. The summed E-state index contributed by atoms with van der Waals surface area (Å²) in [4.78, 5) is 13.8. The van der Waals surface area contributed by atoms with E-state index < -0.39 is 6.23 Å². The highest BCUT2D eigenvalue weighted by Crippen LogP contribution is 2.31. The molecule has 1 amide bonds. The zero-order valence-corrected chi connectivity index (χ0v) is 17.3. The van der Waals surface area contributed by atoms with E-state index in [1.54, 1.807) is 30.3 Å². The van der Waals surface area contributed by atoms with Gasteiger partial charge in [-0.2, -0.15) is 5.26 Å². The summed E-state index contributed by atoms with van der Waals surface area (Å²) >= 11 is 0. The van der Waals surface area contributed by atoms with Crippen molar-refractivity contribution in [1.82, 2.24) is 4.90 Å². The first-order chi connectivity index (χ1) is 14.0. The van der Waals surface area contributed by atoms with Gasteiger partial charge in [-0.05, 0) is 44.4 Å². The van der Waals surface area contributed by atoms with Gasteiger partial charge in [-0.1, -0.05) is 67.2 Å². The number of benzene rings is 1. The third-order valence-corrected chi connectivity index (χ3v) is 4.81. The van der Waals surface area contributed by atoms with E-state index in [0.29, 0.717) is 29.7 Å². The van der Waals surface area contributed by atoms with Gasteiger partial charge in [0.05, 0.1) is 11.6 Å². The number of aliphatic hydroxyl groups is 1. The number of carbonyl (C=O) groups is 1. The van der Waals surface area contributed by atoms with Gasteiger partial charge in [-0.15, -0.1) is 0 Å². The van der Waals surface area contributed by atoms with Gasteiger partial charge in [0.25, 0.3) is 5.91 Å². The van der Waals surface area contributed by atoms with Gasteiger partial charge in [0.2, 0.25) is 0 Å². The SMILES string of the molecule is C/C=C\C=C(\C)CC.N#Cc1ccc(CN2C(=O)C3=CCC=CC=C3C2O)cc1. The number of hydrogen-bond acceptors (Lipinski definition) is 3. The number of allylic oxidation sites excluding steroid dienone is 8. The molecule has 0 spiro atoms. The second kappa shape index (κ2) is 11.0. The number of nitriles is 1. The lowest BCUT2D eigenvalue weighted by atomic mass is 10.1. The van der Waals surface area contributed by atoms with E-state index in [-0.39, 0.29) is 5.91 Å². The minimum Gasteiger partial charge on any atom is -0.369 e. The Balaban J connectivity index is 0.000000321. The summed E-state index contributed by atoms with van der Waals surface area (Å²) in [6, 6.07) is 9.08. The highest BCUT2D eigenvalue weighted by Gasteiger charge is 2.38. The molecule has 1 atom stereocenters. The molecular weight excluding hydrogens is 360 g/mol. The molecule has 2 aliphatic rings. The molecule has 1 aliphatic carbocycles. The molecule has 1 N–H and O–H groups in total. The number of rotatable bonds is 4. The van der Waals surface area contributed by atoms with Gasteiger partial charge in [0, 0.05) is 17.7 Å². The van der Waals surface area contributed by atoms with E-state index in [0.717, 1.165) is 12.0 Å². The van der Waals surface area contributed by atoms with Gasteiger partial charge in [-0.3, -0.25) is 4.79 Å². The Hall–Kier alpha value is -3.16. The van der Waals surface area contributed by atoms with Crippen molar-refractivity contribution in [3.8, 4) is 6.07 Å². The summed E-state index contributed by atoms with van der Waals surface area (Å²) in [6.07, 6.45) is 14.6. The highest BCUT2D eigenvalue weighted by molar-refractivity contribution is 6.02. The van der Waals surface area contributed by atoms with Gasteiger partial charge < -0.3 is 10.0 Å². The fourth-order valence-electron chi connectivity index (χ4n) is 2.93. The van der Waals surface area contributed by atoms with Crippen LogP contribution in [0.3, 0.4) is 0 Å². The minimum atomic E-state index is -0.915. The van der Waals surface area contributed by atoms with Crippen LogP contribution in [-0.2, 0) is 11.3 Å². The zero-order valence-electron chi connectivity index (χ0n) is 17.3. The number of likely N-dealkylation sites (tertiary alicyclic amines) is 1. The molecule has 29 heavy (non-hydrogen) atoms. The molecule has 3 rings (SSSR count). The van der Waals surface area contributed by atoms with Crippen LogP contribution in [0, 0.1) is 11.3 Å². The molecule has 0 bridgehead atoms. The van der Waals surface area contributed by atoms with Crippen molar-refractivity contribution in [2.45, 2.75) is 46.4 Å². The smallest absolute Gasteiger partial charge is 0.256 e. The van der Waals surface area contributed by atoms with Crippen molar-refractivity contribution in [3.63, 3.8) is 0 Å². The first kappa shape index (κ1) is 22.1. The van der Waals surface area contributed by atoms with Gasteiger partial charge >= 0.3 is 0 Å². The van der Waals surface area contributed by atoms with Crippen LogP contribution < -0.4 is 0 Å². The zero-order chi connectivity index (χ0) is 21.2. The lowest BCUT2D eigenvalue weighted by molar-refractivity contribution is -0.131. The summed E-state index contributed by atoms with van der Waals surface area (Å²) in [5, 5.41) is 19.1. The normalized spacial score (nSPS) is 18.4. The number of carbonyl (C=O) groups excluding carboxylic acids is 1.